The standard InChI is InChI=1S/C21H38.2C7H14.2C2H6/c1-16-10-12-19(13-11-16)18-7-5-8-20(15-14-18)21-9-4-3-6-17(21)2;2*1-7-5-3-2-4-6-7;2*1-2/h16-21H,3-15H2,1-2H3;2*7H,2-6H2,1H3;2*1-2H3. The second kappa shape index (κ2) is 23.6. The van der Waals surface area contributed by atoms with E-state index in [2.05, 4.69) is 27.7 Å². The van der Waals surface area contributed by atoms with Crippen LogP contribution in [-0.2, 0) is 0 Å². The number of hydrogen-bond acceptors (Lipinski definition) is 0. The zero-order valence-corrected chi connectivity index (χ0v) is 28.9. The molecule has 0 heterocycles. The van der Waals surface area contributed by atoms with E-state index in [0.717, 1.165) is 47.3 Å². The highest BCUT2D eigenvalue weighted by Gasteiger charge is 2.33. The van der Waals surface area contributed by atoms with Crippen molar-refractivity contribution in [2.75, 3.05) is 0 Å². The summed E-state index contributed by atoms with van der Waals surface area (Å²) in [6.07, 6.45) is 34.9. The molecule has 0 aromatic carbocycles. The Labute approximate surface area is 250 Å². The van der Waals surface area contributed by atoms with E-state index in [0.29, 0.717) is 0 Å². The molecular formula is C39H78. The first-order valence-corrected chi connectivity index (χ1v) is 19.0. The summed E-state index contributed by atoms with van der Waals surface area (Å²) in [7, 11) is 0. The van der Waals surface area contributed by atoms with Crippen LogP contribution in [0.5, 0.6) is 0 Å². The molecule has 0 aliphatic heterocycles. The van der Waals surface area contributed by atoms with E-state index in [1.165, 1.54) is 96.3 Å². The van der Waals surface area contributed by atoms with Crippen molar-refractivity contribution in [3.05, 3.63) is 0 Å². The molecule has 0 aromatic rings. The van der Waals surface area contributed by atoms with Crippen LogP contribution in [-0.4, -0.2) is 0 Å². The summed E-state index contributed by atoms with van der Waals surface area (Å²) in [6, 6.07) is 0. The van der Waals surface area contributed by atoms with E-state index < -0.39 is 0 Å². The summed E-state index contributed by atoms with van der Waals surface area (Å²) in [5, 5.41) is 0. The van der Waals surface area contributed by atoms with E-state index in [4.69, 9.17) is 0 Å². The minimum atomic E-state index is 1.02. The van der Waals surface area contributed by atoms with Crippen molar-refractivity contribution in [2.24, 2.45) is 47.3 Å². The largest absolute Gasteiger partial charge is 0.0683 e. The lowest BCUT2D eigenvalue weighted by Gasteiger charge is -2.35. The smallest absolute Gasteiger partial charge is 0.0360 e. The summed E-state index contributed by atoms with van der Waals surface area (Å²) in [5.41, 5.74) is 0. The molecule has 5 saturated carbocycles. The Morgan fingerprint density at radius 1 is 0.282 bits per heavy atom. The van der Waals surface area contributed by atoms with Crippen LogP contribution in [0.2, 0.25) is 0 Å². The summed E-state index contributed by atoms with van der Waals surface area (Å²) in [4.78, 5) is 0. The van der Waals surface area contributed by atoms with Crippen molar-refractivity contribution >= 4 is 0 Å². The van der Waals surface area contributed by atoms with Gasteiger partial charge in [0.25, 0.3) is 0 Å². The summed E-state index contributed by atoms with van der Waals surface area (Å²) < 4.78 is 0. The molecule has 0 bridgehead atoms. The molecule has 0 saturated heterocycles. The van der Waals surface area contributed by atoms with Gasteiger partial charge in [0.15, 0.2) is 0 Å². The van der Waals surface area contributed by atoms with Gasteiger partial charge in [-0.2, -0.15) is 0 Å². The Morgan fingerprint density at radius 3 is 1.10 bits per heavy atom. The molecule has 5 aliphatic rings. The first-order valence-electron chi connectivity index (χ1n) is 19.0. The molecule has 0 N–H and O–H groups in total. The van der Waals surface area contributed by atoms with E-state index in [1.54, 1.807) is 51.4 Å². The lowest BCUT2D eigenvalue weighted by atomic mass is 9.70. The number of hydrogen-bond donors (Lipinski definition) is 0. The van der Waals surface area contributed by atoms with E-state index in [-0.39, 0.29) is 0 Å². The van der Waals surface area contributed by atoms with Crippen LogP contribution in [0.25, 0.3) is 0 Å². The van der Waals surface area contributed by atoms with E-state index in [9.17, 15) is 0 Å². The van der Waals surface area contributed by atoms with Crippen LogP contribution in [0.4, 0.5) is 0 Å². The van der Waals surface area contributed by atoms with Crippen molar-refractivity contribution in [3.8, 4) is 0 Å². The maximum atomic E-state index is 2.55. The fraction of sp³-hybridized carbons (Fsp3) is 1.00. The maximum absolute atomic E-state index is 2.55. The van der Waals surface area contributed by atoms with Crippen molar-refractivity contribution in [2.45, 2.75) is 203 Å². The molecule has 0 amide bonds. The van der Waals surface area contributed by atoms with Gasteiger partial charge in [0, 0.05) is 0 Å². The lowest BCUT2D eigenvalue weighted by molar-refractivity contribution is 0.153. The van der Waals surface area contributed by atoms with Gasteiger partial charge in [-0.05, 0) is 79.4 Å². The molecule has 5 rings (SSSR count). The molecule has 0 radical (unpaired) electrons. The predicted molar refractivity (Wildman–Crippen MR) is 180 cm³/mol. The van der Waals surface area contributed by atoms with Crippen molar-refractivity contribution in [1.29, 1.82) is 0 Å². The van der Waals surface area contributed by atoms with Crippen LogP contribution < -0.4 is 0 Å². The highest BCUT2D eigenvalue weighted by Crippen LogP contribution is 2.45. The maximum Gasteiger partial charge on any atom is -0.0360 e. The predicted octanol–water partition coefficient (Wildman–Crippen LogP) is 14.1. The molecule has 5 fully saturated rings. The van der Waals surface area contributed by atoms with Crippen molar-refractivity contribution < 1.29 is 0 Å². The Morgan fingerprint density at radius 2 is 0.641 bits per heavy atom. The van der Waals surface area contributed by atoms with Gasteiger partial charge in [-0.25, -0.2) is 0 Å². The average molecular weight is 547 g/mol. The van der Waals surface area contributed by atoms with Crippen molar-refractivity contribution in [1.82, 2.24) is 0 Å². The van der Waals surface area contributed by atoms with Gasteiger partial charge < -0.3 is 0 Å². The Kier molecular flexibility index (Phi) is 22.4. The third-order valence-corrected chi connectivity index (χ3v) is 11.4. The van der Waals surface area contributed by atoms with Crippen molar-refractivity contribution in [3.63, 3.8) is 0 Å². The summed E-state index contributed by atoms with van der Waals surface area (Å²) in [5.74, 6) is 8.49. The molecule has 4 unspecified atom stereocenters. The highest BCUT2D eigenvalue weighted by molar-refractivity contribution is 4.84. The third-order valence-electron chi connectivity index (χ3n) is 11.4. The minimum Gasteiger partial charge on any atom is -0.0683 e. The van der Waals surface area contributed by atoms with Crippen LogP contribution in [0.1, 0.15) is 203 Å². The van der Waals surface area contributed by atoms with Gasteiger partial charge in [-0.3, -0.25) is 0 Å². The van der Waals surface area contributed by atoms with Crippen LogP contribution in [0.3, 0.4) is 0 Å². The molecule has 0 heteroatoms. The fourth-order valence-electron chi connectivity index (χ4n) is 8.67. The second-order valence-corrected chi connectivity index (χ2v) is 14.5. The lowest BCUT2D eigenvalue weighted by Crippen LogP contribution is -2.25. The van der Waals surface area contributed by atoms with E-state index in [1.807, 2.05) is 27.7 Å². The normalized spacial score (nSPS) is 34.2. The highest BCUT2D eigenvalue weighted by atomic mass is 14.4. The Balaban J connectivity index is 0.000000345. The SMILES string of the molecule is CC.CC.CC1CCC(C2CCCC(C3CCCCC3C)CC2)CC1.CC1CCCCC1.CC1CCCCC1. The van der Waals surface area contributed by atoms with E-state index >= 15 is 0 Å². The summed E-state index contributed by atoms with van der Waals surface area (Å²) in [6.45, 7) is 17.7. The van der Waals surface area contributed by atoms with Gasteiger partial charge in [0.2, 0.25) is 0 Å². The first-order chi connectivity index (χ1) is 19.0. The monoisotopic (exact) mass is 547 g/mol. The van der Waals surface area contributed by atoms with Crippen LogP contribution in [0, 0.1) is 47.3 Å². The molecule has 0 aromatic heterocycles. The summed E-state index contributed by atoms with van der Waals surface area (Å²) >= 11 is 0. The number of rotatable bonds is 2. The zero-order valence-electron chi connectivity index (χ0n) is 28.9. The zero-order chi connectivity index (χ0) is 28.9. The molecule has 5 aliphatic carbocycles. The van der Waals surface area contributed by atoms with Crippen LogP contribution in [0.15, 0.2) is 0 Å². The van der Waals surface area contributed by atoms with Gasteiger partial charge in [0.05, 0.1) is 0 Å². The van der Waals surface area contributed by atoms with Crippen LogP contribution >= 0.6 is 0 Å². The molecular weight excluding hydrogens is 468 g/mol. The van der Waals surface area contributed by atoms with Gasteiger partial charge in [0.1, 0.15) is 0 Å². The average Bonchev–Trinajstić information content (AvgIpc) is 3.24. The Hall–Kier alpha value is 0. The first kappa shape index (κ1) is 37.0. The molecule has 234 valence electrons. The Bertz CT molecular complexity index is 486. The van der Waals surface area contributed by atoms with Gasteiger partial charge >= 0.3 is 0 Å². The van der Waals surface area contributed by atoms with Gasteiger partial charge in [-0.15, -0.1) is 0 Å². The second-order valence-electron chi connectivity index (χ2n) is 14.5. The molecule has 0 nitrogen and oxygen atoms in total. The topological polar surface area (TPSA) is 0 Å². The third kappa shape index (κ3) is 15.7. The minimum absolute atomic E-state index is 1.02. The fourth-order valence-corrected chi connectivity index (χ4v) is 8.67. The quantitative estimate of drug-likeness (QED) is 0.302. The molecule has 0 spiro atoms. The molecule has 4 atom stereocenters. The molecule has 39 heavy (non-hydrogen) atoms. The van der Waals surface area contributed by atoms with Gasteiger partial charge in [-0.1, -0.05) is 171 Å².